The lowest BCUT2D eigenvalue weighted by molar-refractivity contribution is -0.144. The van der Waals surface area contributed by atoms with Crippen molar-refractivity contribution in [2.75, 3.05) is 18.1 Å². The van der Waals surface area contributed by atoms with Crippen LogP contribution in [0.2, 0.25) is 0 Å². The van der Waals surface area contributed by atoms with Gasteiger partial charge >= 0.3 is 5.97 Å². The van der Waals surface area contributed by atoms with Crippen molar-refractivity contribution in [3.05, 3.63) is 29.8 Å². The van der Waals surface area contributed by atoms with Gasteiger partial charge in [0.05, 0.1) is 6.61 Å². The molecule has 0 aliphatic carbocycles. The van der Waals surface area contributed by atoms with Crippen molar-refractivity contribution in [2.24, 2.45) is 0 Å². The van der Waals surface area contributed by atoms with Crippen molar-refractivity contribution in [2.45, 2.75) is 52.0 Å². The highest BCUT2D eigenvalue weighted by atomic mass is 16.5. The summed E-state index contributed by atoms with van der Waals surface area (Å²) in [7, 11) is 0. The topological polar surface area (TPSA) is 29.5 Å². The Hall–Kier alpha value is -1.51. The number of hydrogen-bond acceptors (Lipinski definition) is 3. The van der Waals surface area contributed by atoms with Gasteiger partial charge in [-0.05, 0) is 44.2 Å². The summed E-state index contributed by atoms with van der Waals surface area (Å²) in [6.45, 7) is 5.39. The average Bonchev–Trinajstić information content (AvgIpc) is 2.67. The highest BCUT2D eigenvalue weighted by Gasteiger charge is 2.28. The number of para-hydroxylation sites is 1. The molecule has 20 heavy (non-hydrogen) atoms. The SMILES string of the molecule is CCCC(C(=O)OCC)N1CCCCc2ccccc21. The maximum absolute atomic E-state index is 12.3. The second kappa shape index (κ2) is 7.32. The number of esters is 1. The van der Waals surface area contributed by atoms with E-state index in [1.807, 2.05) is 6.92 Å². The number of fused-ring (bicyclic) bond motifs is 1. The zero-order valence-electron chi connectivity index (χ0n) is 12.6. The van der Waals surface area contributed by atoms with Gasteiger partial charge in [0.25, 0.3) is 0 Å². The number of benzene rings is 1. The van der Waals surface area contributed by atoms with Crippen molar-refractivity contribution in [1.82, 2.24) is 0 Å². The lowest BCUT2D eigenvalue weighted by Crippen LogP contribution is -2.43. The van der Waals surface area contributed by atoms with Gasteiger partial charge in [-0.1, -0.05) is 31.5 Å². The van der Waals surface area contributed by atoms with E-state index in [0.29, 0.717) is 6.61 Å². The van der Waals surface area contributed by atoms with Gasteiger partial charge in [0.15, 0.2) is 0 Å². The van der Waals surface area contributed by atoms with E-state index in [-0.39, 0.29) is 12.0 Å². The third-order valence-corrected chi connectivity index (χ3v) is 3.89. The van der Waals surface area contributed by atoms with E-state index < -0.39 is 0 Å². The Morgan fingerprint density at radius 3 is 2.85 bits per heavy atom. The fourth-order valence-electron chi connectivity index (χ4n) is 2.96. The van der Waals surface area contributed by atoms with Gasteiger partial charge in [0.1, 0.15) is 6.04 Å². The Bertz CT molecular complexity index is 444. The summed E-state index contributed by atoms with van der Waals surface area (Å²) < 4.78 is 5.29. The monoisotopic (exact) mass is 275 g/mol. The van der Waals surface area contributed by atoms with Crippen molar-refractivity contribution >= 4 is 11.7 Å². The lowest BCUT2D eigenvalue weighted by atomic mass is 10.1. The number of hydrogen-bond donors (Lipinski definition) is 0. The van der Waals surface area contributed by atoms with Gasteiger partial charge < -0.3 is 9.64 Å². The summed E-state index contributed by atoms with van der Waals surface area (Å²) in [6.07, 6.45) is 5.27. The maximum atomic E-state index is 12.3. The number of carbonyl (C=O) groups excluding carboxylic acids is 1. The van der Waals surface area contributed by atoms with Crippen LogP contribution in [0.3, 0.4) is 0 Å². The first-order chi connectivity index (χ1) is 9.77. The number of aryl methyl sites for hydroxylation is 1. The van der Waals surface area contributed by atoms with Gasteiger partial charge in [-0.3, -0.25) is 0 Å². The second-order valence-electron chi connectivity index (χ2n) is 5.34. The predicted octanol–water partition coefficient (Wildman–Crippen LogP) is 3.56. The molecule has 110 valence electrons. The molecule has 1 heterocycles. The molecule has 0 radical (unpaired) electrons. The van der Waals surface area contributed by atoms with Crippen LogP contribution in [0, 0.1) is 0 Å². The van der Waals surface area contributed by atoms with Crippen LogP contribution < -0.4 is 4.90 Å². The maximum Gasteiger partial charge on any atom is 0.328 e. The molecule has 1 aromatic rings. The van der Waals surface area contributed by atoms with Crippen LogP contribution in [0.25, 0.3) is 0 Å². The number of rotatable bonds is 5. The normalized spacial score (nSPS) is 16.2. The van der Waals surface area contributed by atoms with Crippen molar-refractivity contribution in [1.29, 1.82) is 0 Å². The number of anilines is 1. The smallest absolute Gasteiger partial charge is 0.328 e. The molecule has 0 spiro atoms. The van der Waals surface area contributed by atoms with Crippen LogP contribution >= 0.6 is 0 Å². The van der Waals surface area contributed by atoms with Crippen LogP contribution in [0.5, 0.6) is 0 Å². The van der Waals surface area contributed by atoms with E-state index in [9.17, 15) is 4.79 Å². The molecule has 3 heteroatoms. The Labute approximate surface area is 121 Å². The zero-order chi connectivity index (χ0) is 14.4. The Morgan fingerprint density at radius 2 is 2.10 bits per heavy atom. The molecule has 0 bridgehead atoms. The third kappa shape index (κ3) is 3.33. The molecule has 1 aliphatic heterocycles. The molecule has 3 nitrogen and oxygen atoms in total. The Balaban J connectivity index is 2.29. The average molecular weight is 275 g/mol. The molecule has 1 aliphatic rings. The number of nitrogens with zero attached hydrogens (tertiary/aromatic N) is 1. The van der Waals surface area contributed by atoms with Crippen molar-refractivity contribution < 1.29 is 9.53 Å². The van der Waals surface area contributed by atoms with Gasteiger partial charge in [-0.15, -0.1) is 0 Å². The highest BCUT2D eigenvalue weighted by molar-refractivity contribution is 5.80. The lowest BCUT2D eigenvalue weighted by Gasteiger charge is -2.32. The fraction of sp³-hybridized carbons (Fsp3) is 0.588. The quantitative estimate of drug-likeness (QED) is 0.770. The van der Waals surface area contributed by atoms with Crippen molar-refractivity contribution in [3.8, 4) is 0 Å². The largest absolute Gasteiger partial charge is 0.464 e. The molecule has 1 atom stereocenters. The standard InChI is InChI=1S/C17H25NO2/c1-3-9-16(17(19)20-4-2)18-13-8-7-11-14-10-5-6-12-15(14)18/h5-6,10,12,16H,3-4,7-9,11,13H2,1-2H3. The summed E-state index contributed by atoms with van der Waals surface area (Å²) in [4.78, 5) is 14.6. The zero-order valence-corrected chi connectivity index (χ0v) is 12.6. The van der Waals surface area contributed by atoms with E-state index >= 15 is 0 Å². The summed E-state index contributed by atoms with van der Waals surface area (Å²) >= 11 is 0. The molecule has 0 amide bonds. The summed E-state index contributed by atoms with van der Waals surface area (Å²) in [5.41, 5.74) is 2.58. The van der Waals surface area contributed by atoms with Crippen LogP contribution in [0.4, 0.5) is 5.69 Å². The summed E-state index contributed by atoms with van der Waals surface area (Å²) in [6, 6.07) is 8.33. The molecule has 2 rings (SSSR count). The molecule has 0 saturated carbocycles. The van der Waals surface area contributed by atoms with Gasteiger partial charge in [-0.2, -0.15) is 0 Å². The van der Waals surface area contributed by atoms with Crippen LogP contribution in [-0.4, -0.2) is 25.2 Å². The Morgan fingerprint density at radius 1 is 1.30 bits per heavy atom. The van der Waals surface area contributed by atoms with Gasteiger partial charge in [-0.25, -0.2) is 4.79 Å². The van der Waals surface area contributed by atoms with Crippen LogP contribution in [-0.2, 0) is 16.0 Å². The molecular formula is C17H25NO2. The molecule has 1 aromatic carbocycles. The van der Waals surface area contributed by atoms with E-state index in [1.165, 1.54) is 17.7 Å². The Kier molecular flexibility index (Phi) is 5.45. The first-order valence-electron chi connectivity index (χ1n) is 7.79. The van der Waals surface area contributed by atoms with Gasteiger partial charge in [0.2, 0.25) is 0 Å². The minimum absolute atomic E-state index is 0.0777. The van der Waals surface area contributed by atoms with E-state index in [0.717, 1.165) is 32.2 Å². The number of ether oxygens (including phenoxy) is 1. The van der Waals surface area contributed by atoms with Crippen LogP contribution in [0.15, 0.2) is 24.3 Å². The molecule has 0 saturated heterocycles. The van der Waals surface area contributed by atoms with Gasteiger partial charge in [0, 0.05) is 12.2 Å². The summed E-state index contributed by atoms with van der Waals surface area (Å²) in [5.74, 6) is -0.0777. The first kappa shape index (κ1) is 14.9. The van der Waals surface area contributed by atoms with E-state index in [2.05, 4.69) is 36.1 Å². The minimum atomic E-state index is -0.140. The van der Waals surface area contributed by atoms with Crippen molar-refractivity contribution in [3.63, 3.8) is 0 Å². The first-order valence-corrected chi connectivity index (χ1v) is 7.79. The molecule has 0 N–H and O–H groups in total. The van der Waals surface area contributed by atoms with E-state index in [1.54, 1.807) is 0 Å². The molecular weight excluding hydrogens is 250 g/mol. The highest BCUT2D eigenvalue weighted by Crippen LogP contribution is 2.29. The van der Waals surface area contributed by atoms with Crippen LogP contribution in [0.1, 0.15) is 45.1 Å². The molecule has 0 fully saturated rings. The number of carbonyl (C=O) groups is 1. The third-order valence-electron chi connectivity index (χ3n) is 3.89. The van der Waals surface area contributed by atoms with E-state index in [4.69, 9.17) is 4.74 Å². The second-order valence-corrected chi connectivity index (χ2v) is 5.34. The summed E-state index contributed by atoms with van der Waals surface area (Å²) in [5, 5.41) is 0. The molecule has 1 unspecified atom stereocenters. The minimum Gasteiger partial charge on any atom is -0.464 e. The molecule has 0 aromatic heterocycles. The predicted molar refractivity (Wildman–Crippen MR) is 82.1 cm³/mol. The fourth-order valence-corrected chi connectivity index (χ4v) is 2.96.